The van der Waals surface area contributed by atoms with E-state index in [2.05, 4.69) is 17.2 Å². The number of aliphatic carboxylic acids is 1. The number of hydrogen-bond donors (Lipinski definition) is 2. The molecule has 2 N–H and O–H groups in total. The molecule has 7 heteroatoms. The third-order valence-corrected chi connectivity index (χ3v) is 4.97. The first-order chi connectivity index (χ1) is 13.4. The maximum absolute atomic E-state index is 12.2. The highest BCUT2D eigenvalue weighted by Crippen LogP contribution is 2.28. The predicted molar refractivity (Wildman–Crippen MR) is 111 cm³/mol. The smallest absolute Gasteiger partial charge is 0.344 e. The van der Waals surface area contributed by atoms with Gasteiger partial charge in [-0.2, -0.15) is 0 Å². The van der Waals surface area contributed by atoms with Crippen LogP contribution in [0.1, 0.15) is 25.0 Å². The van der Waals surface area contributed by atoms with Crippen LogP contribution in [-0.4, -0.2) is 28.3 Å². The van der Waals surface area contributed by atoms with E-state index in [9.17, 15) is 9.59 Å². The first-order valence-corrected chi connectivity index (χ1v) is 9.64. The summed E-state index contributed by atoms with van der Waals surface area (Å²) in [5.41, 5.74) is 2.83. The van der Waals surface area contributed by atoms with Crippen molar-refractivity contribution in [3.63, 3.8) is 0 Å². The van der Waals surface area contributed by atoms with Gasteiger partial charge in [0.1, 0.15) is 5.75 Å². The van der Waals surface area contributed by atoms with E-state index in [0.29, 0.717) is 15.8 Å². The van der Waals surface area contributed by atoms with Gasteiger partial charge in [-0.1, -0.05) is 31.2 Å². The molecule has 144 valence electrons. The Labute approximate surface area is 167 Å². The van der Waals surface area contributed by atoms with Crippen LogP contribution in [0.4, 0.5) is 5.69 Å². The van der Waals surface area contributed by atoms with Gasteiger partial charge < -0.3 is 15.2 Å². The van der Waals surface area contributed by atoms with Gasteiger partial charge in [0, 0.05) is 0 Å². The van der Waals surface area contributed by atoms with Gasteiger partial charge in [-0.3, -0.25) is 4.79 Å². The van der Waals surface area contributed by atoms with Gasteiger partial charge in [0.2, 0.25) is 0 Å². The van der Waals surface area contributed by atoms with Crippen molar-refractivity contribution in [2.75, 3.05) is 0 Å². The molecule has 2 aromatic rings. The summed E-state index contributed by atoms with van der Waals surface area (Å²) >= 11 is 1.28. The molecule has 1 heterocycles. The molecule has 0 radical (unpaired) electrons. The molecule has 0 aromatic heterocycles. The van der Waals surface area contributed by atoms with E-state index in [1.807, 2.05) is 24.3 Å². The van der Waals surface area contributed by atoms with E-state index >= 15 is 0 Å². The van der Waals surface area contributed by atoms with Gasteiger partial charge >= 0.3 is 5.97 Å². The number of aliphatic imine (C=N–C) groups is 1. The summed E-state index contributed by atoms with van der Waals surface area (Å²) in [6.07, 6.45) is 1.80. The minimum atomic E-state index is -1.03. The quantitative estimate of drug-likeness (QED) is 0.721. The molecule has 1 atom stereocenters. The Morgan fingerprint density at radius 3 is 2.50 bits per heavy atom. The second kappa shape index (κ2) is 8.75. The Morgan fingerprint density at radius 1 is 1.21 bits per heavy atom. The molecular formula is C21H20N2O4S. The average molecular weight is 396 g/mol. The van der Waals surface area contributed by atoms with E-state index in [0.717, 1.165) is 17.7 Å². The molecule has 0 bridgehead atoms. The molecule has 28 heavy (non-hydrogen) atoms. The number of carbonyl (C=O) groups is 2. The van der Waals surface area contributed by atoms with Crippen LogP contribution in [0.25, 0.3) is 6.08 Å². The average Bonchev–Trinajstić information content (AvgIpc) is 3.02. The van der Waals surface area contributed by atoms with Crippen molar-refractivity contribution in [1.82, 2.24) is 5.32 Å². The lowest BCUT2D eigenvalue weighted by Gasteiger charge is -2.10. The summed E-state index contributed by atoms with van der Waals surface area (Å²) in [5.74, 6) is -0.770. The first kappa shape index (κ1) is 19.7. The van der Waals surface area contributed by atoms with Crippen LogP contribution in [0.2, 0.25) is 0 Å². The van der Waals surface area contributed by atoms with Crippen molar-refractivity contribution in [3.8, 4) is 5.75 Å². The Morgan fingerprint density at radius 2 is 1.89 bits per heavy atom. The zero-order chi connectivity index (χ0) is 20.1. The van der Waals surface area contributed by atoms with Crippen LogP contribution in [0.5, 0.6) is 5.75 Å². The molecule has 0 aliphatic carbocycles. The summed E-state index contributed by atoms with van der Waals surface area (Å²) in [6.45, 7) is 3.56. The van der Waals surface area contributed by atoms with Crippen LogP contribution in [0.15, 0.2) is 58.4 Å². The highest BCUT2D eigenvalue weighted by atomic mass is 32.2. The maximum Gasteiger partial charge on any atom is 0.344 e. The molecule has 3 rings (SSSR count). The Balaban J connectivity index is 1.69. The fourth-order valence-electron chi connectivity index (χ4n) is 2.45. The van der Waals surface area contributed by atoms with E-state index < -0.39 is 12.1 Å². The number of thioether (sulfide) groups is 1. The summed E-state index contributed by atoms with van der Waals surface area (Å²) in [6, 6.07) is 14.8. The SMILES string of the molecule is CCc1ccc(N=C2NC(=O)/C(=C\c3ccc(OC(C)C(=O)O)cc3)S2)cc1. The normalized spacial score (nSPS) is 17.6. The highest BCUT2D eigenvalue weighted by molar-refractivity contribution is 8.18. The van der Waals surface area contributed by atoms with Gasteiger partial charge in [-0.15, -0.1) is 0 Å². The Bertz CT molecular complexity index is 934. The minimum Gasteiger partial charge on any atom is -0.479 e. The van der Waals surface area contributed by atoms with E-state index in [4.69, 9.17) is 9.84 Å². The standard InChI is InChI=1S/C21H20N2O4S/c1-3-14-4-8-16(9-5-14)22-21-23-19(24)18(28-21)12-15-6-10-17(11-7-15)27-13(2)20(25)26/h4-13H,3H2,1-2H3,(H,25,26)(H,22,23,24)/b18-12+. The second-order valence-corrected chi connectivity index (χ2v) is 7.20. The molecule has 1 saturated heterocycles. The number of carboxylic acids is 1. The summed E-state index contributed by atoms with van der Waals surface area (Å²) in [5, 5.41) is 12.2. The molecule has 1 aliphatic rings. The lowest BCUT2D eigenvalue weighted by molar-refractivity contribution is -0.144. The van der Waals surface area contributed by atoms with Crippen molar-refractivity contribution >= 4 is 40.6 Å². The number of amidine groups is 1. The molecule has 6 nitrogen and oxygen atoms in total. The van der Waals surface area contributed by atoms with Crippen LogP contribution in [0, 0.1) is 0 Å². The molecule has 1 fully saturated rings. The number of ether oxygens (including phenoxy) is 1. The zero-order valence-corrected chi connectivity index (χ0v) is 16.3. The highest BCUT2D eigenvalue weighted by Gasteiger charge is 2.23. The van der Waals surface area contributed by atoms with E-state index in [1.54, 1.807) is 30.3 Å². The number of amides is 1. The number of nitrogens with zero attached hydrogens (tertiary/aromatic N) is 1. The van der Waals surface area contributed by atoms with Crippen molar-refractivity contribution in [1.29, 1.82) is 0 Å². The van der Waals surface area contributed by atoms with Gasteiger partial charge in [0.25, 0.3) is 5.91 Å². The summed E-state index contributed by atoms with van der Waals surface area (Å²) in [4.78, 5) is 28.0. The van der Waals surface area contributed by atoms with E-state index in [1.165, 1.54) is 24.2 Å². The van der Waals surface area contributed by atoms with Crippen molar-refractivity contribution in [2.45, 2.75) is 26.4 Å². The van der Waals surface area contributed by atoms with Crippen molar-refractivity contribution < 1.29 is 19.4 Å². The number of benzene rings is 2. The van der Waals surface area contributed by atoms with Crippen molar-refractivity contribution in [2.24, 2.45) is 4.99 Å². The third-order valence-electron chi connectivity index (χ3n) is 4.06. The van der Waals surface area contributed by atoms with Crippen LogP contribution >= 0.6 is 11.8 Å². The summed E-state index contributed by atoms with van der Waals surface area (Å²) < 4.78 is 5.30. The zero-order valence-electron chi connectivity index (χ0n) is 15.5. The monoisotopic (exact) mass is 396 g/mol. The predicted octanol–water partition coefficient (Wildman–Crippen LogP) is 3.99. The van der Waals surface area contributed by atoms with Gasteiger partial charge in [-0.25, -0.2) is 9.79 Å². The summed E-state index contributed by atoms with van der Waals surface area (Å²) in [7, 11) is 0. The largest absolute Gasteiger partial charge is 0.479 e. The lowest BCUT2D eigenvalue weighted by atomic mass is 10.2. The third kappa shape index (κ3) is 5.01. The minimum absolute atomic E-state index is 0.200. The number of aryl methyl sites for hydroxylation is 1. The number of carboxylic acid groups (broad SMARTS) is 1. The maximum atomic E-state index is 12.2. The topological polar surface area (TPSA) is 88.0 Å². The van der Waals surface area contributed by atoms with Gasteiger partial charge in [0.05, 0.1) is 10.6 Å². The fraction of sp³-hybridized carbons (Fsp3) is 0.190. The fourth-order valence-corrected chi connectivity index (χ4v) is 3.29. The number of hydrogen-bond acceptors (Lipinski definition) is 5. The molecule has 0 saturated carbocycles. The van der Waals surface area contributed by atoms with Gasteiger partial charge in [-0.05, 0) is 66.6 Å². The molecule has 0 spiro atoms. The van der Waals surface area contributed by atoms with Gasteiger partial charge in [0.15, 0.2) is 11.3 Å². The molecule has 1 aliphatic heterocycles. The molecular weight excluding hydrogens is 376 g/mol. The lowest BCUT2D eigenvalue weighted by Crippen LogP contribution is -2.22. The molecule has 1 amide bonds. The van der Waals surface area contributed by atoms with E-state index in [-0.39, 0.29) is 5.91 Å². The Hall–Kier alpha value is -3.06. The number of rotatable bonds is 6. The molecule has 2 aromatic carbocycles. The number of carbonyl (C=O) groups excluding carboxylic acids is 1. The first-order valence-electron chi connectivity index (χ1n) is 8.82. The second-order valence-electron chi connectivity index (χ2n) is 6.17. The van der Waals surface area contributed by atoms with Crippen molar-refractivity contribution in [3.05, 3.63) is 64.6 Å². The Kier molecular flexibility index (Phi) is 6.16. The molecule has 1 unspecified atom stereocenters. The van der Waals surface area contributed by atoms with Crippen LogP contribution < -0.4 is 10.1 Å². The van der Waals surface area contributed by atoms with Crippen LogP contribution in [-0.2, 0) is 16.0 Å². The van der Waals surface area contributed by atoms with Crippen LogP contribution in [0.3, 0.4) is 0 Å². The number of nitrogens with one attached hydrogen (secondary N) is 1.